The summed E-state index contributed by atoms with van der Waals surface area (Å²) in [6.07, 6.45) is 1.33. The van der Waals surface area contributed by atoms with Crippen LogP contribution in [0.2, 0.25) is 0 Å². The molecule has 2 aromatic rings. The van der Waals surface area contributed by atoms with Crippen LogP contribution in [-0.2, 0) is 9.53 Å². The molecule has 1 aromatic carbocycles. The summed E-state index contributed by atoms with van der Waals surface area (Å²) in [5.74, 6) is -2.53. The van der Waals surface area contributed by atoms with Gasteiger partial charge in [-0.2, -0.15) is 0 Å². The third-order valence-corrected chi connectivity index (χ3v) is 5.40. The quantitative estimate of drug-likeness (QED) is 0.703. The Morgan fingerprint density at radius 2 is 1.97 bits per heavy atom. The molecule has 8 heteroatoms. The lowest BCUT2D eigenvalue weighted by molar-refractivity contribution is -0.907. The second-order valence-electron chi connectivity index (χ2n) is 7.10. The van der Waals surface area contributed by atoms with Crippen LogP contribution in [0.5, 0.6) is 0 Å². The lowest BCUT2D eigenvalue weighted by atomic mass is 9.94. The molecule has 0 unspecified atom stereocenters. The zero-order valence-corrected chi connectivity index (χ0v) is 15.8. The molecule has 0 saturated carbocycles. The number of furan rings is 1. The van der Waals surface area contributed by atoms with Crippen molar-refractivity contribution in [3.63, 3.8) is 0 Å². The Hall–Kier alpha value is -2.97. The van der Waals surface area contributed by atoms with E-state index in [1.807, 2.05) is 0 Å². The maximum Gasteiger partial charge on any atom is 0.290 e. The highest BCUT2D eigenvalue weighted by molar-refractivity contribution is 6.15. The third kappa shape index (κ3) is 3.68. The Kier molecular flexibility index (Phi) is 5.46. The summed E-state index contributed by atoms with van der Waals surface area (Å²) >= 11 is 0. The molecule has 1 atom stereocenters. The first kappa shape index (κ1) is 19.4. The number of quaternary nitrogens is 1. The van der Waals surface area contributed by atoms with E-state index in [2.05, 4.69) is 0 Å². The van der Waals surface area contributed by atoms with Gasteiger partial charge in [0.2, 0.25) is 5.78 Å². The minimum absolute atomic E-state index is 0.0126. The summed E-state index contributed by atoms with van der Waals surface area (Å²) in [5.41, 5.74) is 0.00353. The number of Topliss-reactive ketones (excluding diaryl/α,β-unsaturated/α-hetero) is 1. The van der Waals surface area contributed by atoms with Crippen LogP contribution in [0.3, 0.4) is 0 Å². The van der Waals surface area contributed by atoms with E-state index in [1.165, 1.54) is 40.3 Å². The lowest BCUT2D eigenvalue weighted by Gasteiger charge is -2.30. The van der Waals surface area contributed by atoms with Crippen molar-refractivity contribution < 1.29 is 33.1 Å². The van der Waals surface area contributed by atoms with Gasteiger partial charge in [0.25, 0.3) is 5.91 Å². The van der Waals surface area contributed by atoms with Gasteiger partial charge in [-0.15, -0.1) is 0 Å². The SMILES string of the molecule is O=C(C1=C(O)C(=O)N(CC[NH+]2CCOCC2)[C@H]1c1ccccc1F)c1ccco1. The van der Waals surface area contributed by atoms with Gasteiger partial charge in [-0.3, -0.25) is 9.59 Å². The molecule has 2 N–H and O–H groups in total. The molecular weight excluding hydrogens is 379 g/mol. The van der Waals surface area contributed by atoms with E-state index in [1.54, 1.807) is 12.1 Å². The Balaban J connectivity index is 1.68. The van der Waals surface area contributed by atoms with E-state index in [9.17, 15) is 19.1 Å². The molecule has 1 saturated heterocycles. The van der Waals surface area contributed by atoms with Gasteiger partial charge in [0.05, 0.1) is 44.2 Å². The van der Waals surface area contributed by atoms with E-state index in [0.717, 1.165) is 13.1 Å². The molecule has 152 valence electrons. The van der Waals surface area contributed by atoms with Crippen molar-refractivity contribution in [2.75, 3.05) is 39.4 Å². The number of nitrogens with zero attached hydrogens (tertiary/aromatic N) is 1. The number of carbonyl (C=O) groups excluding carboxylic acids is 2. The van der Waals surface area contributed by atoms with Crippen molar-refractivity contribution in [1.82, 2.24) is 4.90 Å². The fourth-order valence-corrected chi connectivity index (χ4v) is 3.87. The smallest absolute Gasteiger partial charge is 0.290 e. The average molecular weight is 401 g/mol. The third-order valence-electron chi connectivity index (χ3n) is 5.40. The lowest BCUT2D eigenvalue weighted by Crippen LogP contribution is -3.14. The highest BCUT2D eigenvalue weighted by Crippen LogP contribution is 2.39. The first-order valence-corrected chi connectivity index (χ1v) is 9.56. The molecule has 2 aliphatic heterocycles. The van der Waals surface area contributed by atoms with Crippen LogP contribution in [0, 0.1) is 5.82 Å². The van der Waals surface area contributed by atoms with E-state index < -0.39 is 29.3 Å². The van der Waals surface area contributed by atoms with Crippen molar-refractivity contribution in [1.29, 1.82) is 0 Å². The van der Waals surface area contributed by atoms with Crippen molar-refractivity contribution in [3.05, 3.63) is 71.1 Å². The Morgan fingerprint density at radius 1 is 1.21 bits per heavy atom. The number of benzene rings is 1. The fraction of sp³-hybridized carbons (Fsp3) is 0.333. The number of rotatable bonds is 6. The fourth-order valence-electron chi connectivity index (χ4n) is 3.87. The number of aliphatic hydroxyl groups is 1. The largest absolute Gasteiger partial charge is 0.503 e. The molecule has 0 bridgehead atoms. The molecule has 0 aliphatic carbocycles. The van der Waals surface area contributed by atoms with Gasteiger partial charge in [0, 0.05) is 5.56 Å². The number of hydrogen-bond acceptors (Lipinski definition) is 5. The average Bonchev–Trinajstić information content (AvgIpc) is 3.35. The number of carbonyl (C=O) groups is 2. The van der Waals surface area contributed by atoms with Crippen LogP contribution in [-0.4, -0.2) is 61.1 Å². The Morgan fingerprint density at radius 3 is 2.66 bits per heavy atom. The molecule has 1 amide bonds. The van der Waals surface area contributed by atoms with Crippen LogP contribution < -0.4 is 4.90 Å². The van der Waals surface area contributed by atoms with Gasteiger partial charge in [-0.25, -0.2) is 4.39 Å². The van der Waals surface area contributed by atoms with Gasteiger partial charge >= 0.3 is 0 Å². The molecular formula is C21H22FN2O5+. The second-order valence-corrected chi connectivity index (χ2v) is 7.10. The number of halogens is 1. The molecule has 4 rings (SSSR count). The molecule has 7 nitrogen and oxygen atoms in total. The number of amides is 1. The zero-order valence-electron chi connectivity index (χ0n) is 15.8. The molecule has 0 radical (unpaired) electrons. The summed E-state index contributed by atoms with van der Waals surface area (Å²) < 4.78 is 25.2. The van der Waals surface area contributed by atoms with Gasteiger partial charge in [0.1, 0.15) is 18.9 Å². The summed E-state index contributed by atoms with van der Waals surface area (Å²) in [7, 11) is 0. The number of ether oxygens (including phenoxy) is 1. The molecule has 3 heterocycles. The highest BCUT2D eigenvalue weighted by atomic mass is 19.1. The van der Waals surface area contributed by atoms with Gasteiger partial charge < -0.3 is 24.1 Å². The highest BCUT2D eigenvalue weighted by Gasteiger charge is 2.45. The van der Waals surface area contributed by atoms with Gasteiger partial charge in [-0.05, 0) is 18.2 Å². The number of morpholine rings is 1. The molecule has 1 fully saturated rings. The maximum atomic E-state index is 14.6. The molecule has 2 aliphatic rings. The van der Waals surface area contributed by atoms with Crippen molar-refractivity contribution in [2.45, 2.75) is 6.04 Å². The molecule has 29 heavy (non-hydrogen) atoms. The number of aliphatic hydroxyl groups excluding tert-OH is 1. The van der Waals surface area contributed by atoms with E-state index in [-0.39, 0.29) is 23.4 Å². The summed E-state index contributed by atoms with van der Waals surface area (Å²) in [4.78, 5) is 28.4. The maximum absolute atomic E-state index is 14.6. The standard InChI is InChI=1S/C21H21FN2O5/c22-15-5-2-1-4-14(15)18-17(19(25)16-6-3-11-29-16)20(26)21(27)24(18)8-7-23-9-12-28-13-10-23/h1-6,11,18,26H,7-10,12-13H2/p+1/t18-/m0/s1. The first-order valence-electron chi connectivity index (χ1n) is 9.56. The minimum atomic E-state index is -1.01. The predicted molar refractivity (Wildman–Crippen MR) is 99.9 cm³/mol. The summed E-state index contributed by atoms with van der Waals surface area (Å²) in [6.45, 7) is 3.78. The zero-order chi connectivity index (χ0) is 20.4. The van der Waals surface area contributed by atoms with E-state index in [4.69, 9.17) is 9.15 Å². The number of nitrogens with one attached hydrogen (secondary N) is 1. The van der Waals surface area contributed by atoms with E-state index >= 15 is 0 Å². The van der Waals surface area contributed by atoms with Crippen molar-refractivity contribution in [3.8, 4) is 0 Å². The summed E-state index contributed by atoms with van der Waals surface area (Å²) in [5, 5.41) is 10.5. The molecule has 1 aromatic heterocycles. The van der Waals surface area contributed by atoms with Crippen LogP contribution in [0.4, 0.5) is 4.39 Å². The second kappa shape index (κ2) is 8.18. The number of ketones is 1. The van der Waals surface area contributed by atoms with Gasteiger partial charge in [0.15, 0.2) is 11.5 Å². The van der Waals surface area contributed by atoms with Crippen molar-refractivity contribution >= 4 is 11.7 Å². The van der Waals surface area contributed by atoms with Crippen LogP contribution in [0.1, 0.15) is 22.2 Å². The Labute approximate surface area is 167 Å². The monoisotopic (exact) mass is 401 g/mol. The predicted octanol–water partition coefficient (Wildman–Crippen LogP) is 0.912. The summed E-state index contributed by atoms with van der Waals surface area (Å²) in [6, 6.07) is 7.95. The van der Waals surface area contributed by atoms with E-state index in [0.29, 0.717) is 19.8 Å². The van der Waals surface area contributed by atoms with Crippen LogP contribution in [0.25, 0.3) is 0 Å². The number of hydrogen-bond donors (Lipinski definition) is 2. The van der Waals surface area contributed by atoms with Crippen molar-refractivity contribution in [2.24, 2.45) is 0 Å². The molecule has 0 spiro atoms. The van der Waals surface area contributed by atoms with Crippen LogP contribution in [0.15, 0.2) is 58.4 Å². The normalized spacial score (nSPS) is 20.5. The van der Waals surface area contributed by atoms with Crippen LogP contribution >= 0.6 is 0 Å². The topological polar surface area (TPSA) is 84.4 Å². The van der Waals surface area contributed by atoms with Gasteiger partial charge in [-0.1, -0.05) is 18.2 Å². The first-order chi connectivity index (χ1) is 14.1. The Bertz CT molecular complexity index is 934. The minimum Gasteiger partial charge on any atom is -0.503 e.